The van der Waals surface area contributed by atoms with Crippen LogP contribution in [0.3, 0.4) is 0 Å². The molecule has 0 saturated carbocycles. The number of hydrogen-bond acceptors (Lipinski definition) is 5. The minimum Gasteiger partial charge on any atom is -0.508 e. The first-order chi connectivity index (χ1) is 10.7. The highest BCUT2D eigenvalue weighted by Gasteiger charge is 2.16. The topological polar surface area (TPSA) is 64.8 Å². The summed E-state index contributed by atoms with van der Waals surface area (Å²) in [5.74, 6) is 1.55. The number of nitrogens with zero attached hydrogens (tertiary/aromatic N) is 1. The highest BCUT2D eigenvalue weighted by molar-refractivity contribution is 8.14. The quantitative estimate of drug-likeness (QED) is 0.811. The second-order valence-corrected chi connectivity index (χ2v) is 6.28. The van der Waals surface area contributed by atoms with E-state index in [1.807, 2.05) is 24.3 Å². The Balaban J connectivity index is 1.81. The van der Waals surface area contributed by atoms with Crippen molar-refractivity contribution in [3.8, 4) is 11.5 Å². The van der Waals surface area contributed by atoms with Gasteiger partial charge in [-0.15, -0.1) is 0 Å². The normalized spacial score (nSPS) is 15.4. The Morgan fingerprint density at radius 1 is 1.00 bits per heavy atom. The minimum atomic E-state index is 0.0782. The van der Waals surface area contributed by atoms with E-state index in [4.69, 9.17) is 0 Å². The van der Waals surface area contributed by atoms with Gasteiger partial charge in [0.15, 0.2) is 5.17 Å². The molecule has 3 N–H and O–H groups in total. The van der Waals surface area contributed by atoms with E-state index >= 15 is 0 Å². The van der Waals surface area contributed by atoms with Crippen LogP contribution in [0.1, 0.15) is 17.2 Å². The molecule has 0 radical (unpaired) electrons. The molecule has 1 aliphatic heterocycles. The summed E-state index contributed by atoms with van der Waals surface area (Å²) in [5, 5.41) is 23.3. The molecule has 22 heavy (non-hydrogen) atoms. The summed E-state index contributed by atoms with van der Waals surface area (Å²) >= 11 is 1.73. The van der Waals surface area contributed by atoms with Crippen molar-refractivity contribution in [1.82, 2.24) is 5.32 Å². The zero-order chi connectivity index (χ0) is 15.4. The maximum Gasteiger partial charge on any atom is 0.157 e. The predicted molar refractivity (Wildman–Crippen MR) is 90.6 cm³/mol. The Morgan fingerprint density at radius 2 is 1.64 bits per heavy atom. The lowest BCUT2D eigenvalue weighted by Gasteiger charge is -2.20. The van der Waals surface area contributed by atoms with E-state index in [1.54, 1.807) is 36.0 Å². The van der Waals surface area contributed by atoms with Crippen molar-refractivity contribution in [3.63, 3.8) is 0 Å². The van der Waals surface area contributed by atoms with E-state index in [0.29, 0.717) is 0 Å². The Morgan fingerprint density at radius 3 is 2.23 bits per heavy atom. The van der Waals surface area contributed by atoms with Crippen LogP contribution < -0.4 is 5.32 Å². The van der Waals surface area contributed by atoms with E-state index in [9.17, 15) is 10.2 Å². The lowest BCUT2D eigenvalue weighted by Crippen LogP contribution is -2.27. The van der Waals surface area contributed by atoms with Gasteiger partial charge in [0, 0.05) is 5.75 Å². The smallest absolute Gasteiger partial charge is 0.157 e. The summed E-state index contributed by atoms with van der Waals surface area (Å²) in [7, 11) is 0. The molecule has 2 aromatic rings. The summed E-state index contributed by atoms with van der Waals surface area (Å²) in [6.07, 6.45) is 0.782. The van der Waals surface area contributed by atoms with Gasteiger partial charge in [0.1, 0.15) is 11.5 Å². The van der Waals surface area contributed by atoms with Crippen molar-refractivity contribution in [3.05, 3.63) is 59.7 Å². The lowest BCUT2D eigenvalue weighted by atomic mass is 9.99. The Labute approximate surface area is 133 Å². The number of thioether (sulfide) groups is 1. The first kappa shape index (κ1) is 14.8. The predicted octanol–water partition coefficient (Wildman–Crippen LogP) is 3.07. The van der Waals surface area contributed by atoms with Crippen LogP contribution in [0.2, 0.25) is 0 Å². The second-order valence-electron chi connectivity index (χ2n) is 5.19. The molecular formula is C17H18N2O2S. The molecule has 0 amide bonds. The van der Waals surface area contributed by atoms with Crippen LogP contribution in [0, 0.1) is 0 Å². The van der Waals surface area contributed by atoms with E-state index in [0.717, 1.165) is 35.0 Å². The fourth-order valence-corrected chi connectivity index (χ4v) is 3.18. The molecule has 0 saturated heterocycles. The van der Waals surface area contributed by atoms with Crippen LogP contribution in [-0.4, -0.2) is 27.7 Å². The van der Waals surface area contributed by atoms with Crippen LogP contribution in [0.25, 0.3) is 0 Å². The van der Waals surface area contributed by atoms with Crippen LogP contribution in [0.4, 0.5) is 0 Å². The number of aliphatic imine (C=N–C) groups is 1. The number of phenols is 2. The monoisotopic (exact) mass is 314 g/mol. The lowest BCUT2D eigenvalue weighted by molar-refractivity contribution is 0.473. The number of nitrogens with one attached hydrogen (secondary N) is 1. The largest absolute Gasteiger partial charge is 0.508 e. The second kappa shape index (κ2) is 6.75. The van der Waals surface area contributed by atoms with Gasteiger partial charge in [-0.2, -0.15) is 0 Å². The van der Waals surface area contributed by atoms with E-state index < -0.39 is 0 Å². The number of amidine groups is 1. The molecule has 5 heteroatoms. The number of benzene rings is 2. The number of hydrogen-bond donors (Lipinski definition) is 3. The molecular weight excluding hydrogens is 296 g/mol. The van der Waals surface area contributed by atoms with Crippen molar-refractivity contribution < 1.29 is 10.2 Å². The van der Waals surface area contributed by atoms with Crippen molar-refractivity contribution in [2.75, 3.05) is 12.3 Å². The van der Waals surface area contributed by atoms with Crippen LogP contribution in [0.5, 0.6) is 11.5 Å². The summed E-state index contributed by atoms with van der Waals surface area (Å²) in [5.41, 5.74) is 2.23. The van der Waals surface area contributed by atoms with Gasteiger partial charge in [0.05, 0.1) is 12.6 Å². The molecule has 1 heterocycles. The highest BCUT2D eigenvalue weighted by Crippen LogP contribution is 2.24. The summed E-state index contributed by atoms with van der Waals surface area (Å²) in [4.78, 5) is 4.45. The van der Waals surface area contributed by atoms with E-state index in [2.05, 4.69) is 10.3 Å². The average molecular weight is 314 g/mol. The minimum absolute atomic E-state index is 0.0782. The fraction of sp³-hybridized carbons (Fsp3) is 0.235. The van der Waals surface area contributed by atoms with E-state index in [1.165, 1.54) is 0 Å². The SMILES string of the molecule is Oc1ccc(CC(NC2=NCCS2)c2ccc(O)cc2)cc1. The molecule has 1 unspecified atom stereocenters. The van der Waals surface area contributed by atoms with Crippen molar-refractivity contribution >= 4 is 16.9 Å². The molecule has 4 nitrogen and oxygen atoms in total. The summed E-state index contributed by atoms with van der Waals surface area (Å²) in [6.45, 7) is 0.856. The van der Waals surface area contributed by atoms with Crippen molar-refractivity contribution in [2.24, 2.45) is 4.99 Å². The summed E-state index contributed by atoms with van der Waals surface area (Å²) in [6, 6.07) is 14.6. The van der Waals surface area contributed by atoms with Gasteiger partial charge in [0.2, 0.25) is 0 Å². The first-order valence-electron chi connectivity index (χ1n) is 7.21. The van der Waals surface area contributed by atoms with E-state index in [-0.39, 0.29) is 17.5 Å². The van der Waals surface area contributed by atoms with Gasteiger partial charge in [-0.1, -0.05) is 36.0 Å². The fourth-order valence-electron chi connectivity index (χ4n) is 2.40. The molecule has 0 spiro atoms. The molecule has 2 aromatic carbocycles. The van der Waals surface area contributed by atoms with Crippen molar-refractivity contribution in [1.29, 1.82) is 0 Å². The standard InChI is InChI=1S/C17H18N2O2S/c20-14-5-1-12(2-6-14)11-16(19-17-18-9-10-22-17)13-3-7-15(21)8-4-13/h1-8,16,20-21H,9-11H2,(H,18,19). The Bertz CT molecular complexity index is 653. The highest BCUT2D eigenvalue weighted by atomic mass is 32.2. The van der Waals surface area contributed by atoms with Gasteiger partial charge in [-0.25, -0.2) is 0 Å². The third kappa shape index (κ3) is 3.74. The molecule has 1 atom stereocenters. The molecule has 0 bridgehead atoms. The zero-order valence-electron chi connectivity index (χ0n) is 12.1. The Hall–Kier alpha value is -2.14. The maximum atomic E-state index is 9.47. The van der Waals surface area contributed by atoms with Crippen LogP contribution in [0.15, 0.2) is 53.5 Å². The Kier molecular flexibility index (Phi) is 4.53. The van der Waals surface area contributed by atoms with Gasteiger partial charge in [-0.05, 0) is 41.8 Å². The third-order valence-corrected chi connectivity index (χ3v) is 4.46. The average Bonchev–Trinajstić information content (AvgIpc) is 3.03. The number of aromatic hydroxyl groups is 2. The maximum absolute atomic E-state index is 9.47. The number of rotatable bonds is 4. The molecule has 3 rings (SSSR count). The van der Waals surface area contributed by atoms with Crippen LogP contribution >= 0.6 is 11.8 Å². The van der Waals surface area contributed by atoms with Gasteiger partial charge >= 0.3 is 0 Å². The van der Waals surface area contributed by atoms with Gasteiger partial charge in [-0.3, -0.25) is 4.99 Å². The zero-order valence-corrected chi connectivity index (χ0v) is 12.9. The van der Waals surface area contributed by atoms with Gasteiger partial charge < -0.3 is 15.5 Å². The van der Waals surface area contributed by atoms with Crippen molar-refractivity contribution in [2.45, 2.75) is 12.5 Å². The number of phenolic OH excluding ortho intramolecular Hbond substituents is 2. The molecule has 0 fully saturated rings. The van der Waals surface area contributed by atoms with Gasteiger partial charge in [0.25, 0.3) is 0 Å². The summed E-state index contributed by atoms with van der Waals surface area (Å²) < 4.78 is 0. The van der Waals surface area contributed by atoms with Crippen LogP contribution in [-0.2, 0) is 6.42 Å². The molecule has 1 aliphatic rings. The first-order valence-corrected chi connectivity index (χ1v) is 8.20. The molecule has 0 aliphatic carbocycles. The molecule has 0 aromatic heterocycles. The molecule has 114 valence electrons. The third-order valence-electron chi connectivity index (χ3n) is 3.55.